The van der Waals surface area contributed by atoms with E-state index >= 15 is 0 Å². The third kappa shape index (κ3) is 2.61. The molecule has 1 fully saturated rings. The van der Waals surface area contributed by atoms with Crippen LogP contribution in [-0.4, -0.2) is 28.9 Å². The van der Waals surface area contributed by atoms with Gasteiger partial charge in [0.1, 0.15) is 5.41 Å². The second-order valence-electron chi connectivity index (χ2n) is 5.42. The molecule has 0 heterocycles. The summed E-state index contributed by atoms with van der Waals surface area (Å²) in [5, 5.41) is 12.1. The van der Waals surface area contributed by atoms with Crippen molar-refractivity contribution in [3.05, 3.63) is 35.9 Å². The Morgan fingerprint density at radius 3 is 2.50 bits per heavy atom. The largest absolute Gasteiger partial charge is 0.409 e. The van der Waals surface area contributed by atoms with Crippen molar-refractivity contribution in [2.45, 2.75) is 32.2 Å². The lowest BCUT2D eigenvalue weighted by Crippen LogP contribution is -2.48. The molecule has 2 rings (SSSR count). The van der Waals surface area contributed by atoms with E-state index in [1.165, 1.54) is 0 Å². The molecule has 0 bridgehead atoms. The summed E-state index contributed by atoms with van der Waals surface area (Å²) < 4.78 is 0. The summed E-state index contributed by atoms with van der Waals surface area (Å²) in [7, 11) is 1.76. The normalized spacial score (nSPS) is 17.9. The summed E-state index contributed by atoms with van der Waals surface area (Å²) in [4.78, 5) is 14.4. The van der Waals surface area contributed by atoms with Gasteiger partial charge in [-0.05, 0) is 18.4 Å². The number of amides is 1. The minimum Gasteiger partial charge on any atom is -0.409 e. The molecule has 1 aliphatic rings. The highest BCUT2D eigenvalue weighted by Crippen LogP contribution is 2.40. The Labute approximate surface area is 119 Å². The van der Waals surface area contributed by atoms with Gasteiger partial charge in [-0.2, -0.15) is 0 Å². The van der Waals surface area contributed by atoms with Crippen molar-refractivity contribution in [1.82, 2.24) is 4.90 Å². The van der Waals surface area contributed by atoms with Crippen LogP contribution in [-0.2, 0) is 11.3 Å². The predicted molar refractivity (Wildman–Crippen MR) is 77.2 cm³/mol. The van der Waals surface area contributed by atoms with E-state index in [0.29, 0.717) is 19.4 Å². The van der Waals surface area contributed by atoms with Gasteiger partial charge >= 0.3 is 0 Å². The van der Waals surface area contributed by atoms with Crippen LogP contribution in [0.3, 0.4) is 0 Å². The molecule has 1 aliphatic carbocycles. The number of hydrogen-bond donors (Lipinski definition) is 2. The minimum atomic E-state index is -0.821. The third-order valence-corrected chi connectivity index (χ3v) is 4.07. The first-order valence-corrected chi connectivity index (χ1v) is 6.87. The average molecular weight is 275 g/mol. The van der Waals surface area contributed by atoms with Crippen LogP contribution in [0.5, 0.6) is 0 Å². The molecule has 0 aliphatic heterocycles. The zero-order valence-corrected chi connectivity index (χ0v) is 11.7. The van der Waals surface area contributed by atoms with Crippen LogP contribution in [0.25, 0.3) is 0 Å². The maximum absolute atomic E-state index is 12.7. The van der Waals surface area contributed by atoms with Crippen LogP contribution in [0.1, 0.15) is 31.2 Å². The lowest BCUT2D eigenvalue weighted by Gasteiger charge is -2.31. The van der Waals surface area contributed by atoms with E-state index in [1.807, 2.05) is 30.3 Å². The molecule has 0 atom stereocenters. The highest BCUT2D eigenvalue weighted by Gasteiger charge is 2.46. The number of benzene rings is 1. The number of amidine groups is 1. The summed E-state index contributed by atoms with van der Waals surface area (Å²) in [6.45, 7) is 0.528. The fraction of sp³-hybridized carbons (Fsp3) is 0.467. The zero-order valence-electron chi connectivity index (χ0n) is 11.7. The second kappa shape index (κ2) is 5.94. The minimum absolute atomic E-state index is 0.0416. The van der Waals surface area contributed by atoms with Crippen molar-refractivity contribution in [3.8, 4) is 0 Å². The molecule has 1 aromatic carbocycles. The number of carbonyl (C=O) groups excluding carboxylic acids is 1. The van der Waals surface area contributed by atoms with Gasteiger partial charge in [-0.15, -0.1) is 0 Å². The molecule has 20 heavy (non-hydrogen) atoms. The smallest absolute Gasteiger partial charge is 0.236 e. The number of nitrogens with two attached hydrogens (primary N) is 1. The van der Waals surface area contributed by atoms with Crippen LogP contribution >= 0.6 is 0 Å². The quantitative estimate of drug-likeness (QED) is 0.381. The fourth-order valence-corrected chi connectivity index (χ4v) is 2.95. The van der Waals surface area contributed by atoms with Crippen molar-refractivity contribution in [2.75, 3.05) is 7.05 Å². The van der Waals surface area contributed by atoms with Gasteiger partial charge in [0.2, 0.25) is 5.91 Å². The molecule has 5 nitrogen and oxygen atoms in total. The van der Waals surface area contributed by atoms with E-state index in [9.17, 15) is 4.79 Å². The average Bonchev–Trinajstić information content (AvgIpc) is 2.97. The molecule has 0 radical (unpaired) electrons. The zero-order chi connectivity index (χ0) is 14.6. The predicted octanol–water partition coefficient (Wildman–Crippen LogP) is 1.95. The van der Waals surface area contributed by atoms with Crippen molar-refractivity contribution in [3.63, 3.8) is 0 Å². The van der Waals surface area contributed by atoms with Crippen LogP contribution < -0.4 is 5.73 Å². The van der Waals surface area contributed by atoms with E-state index in [0.717, 1.165) is 18.4 Å². The molecule has 108 valence electrons. The van der Waals surface area contributed by atoms with Gasteiger partial charge in [-0.25, -0.2) is 0 Å². The summed E-state index contributed by atoms with van der Waals surface area (Å²) >= 11 is 0. The first-order chi connectivity index (χ1) is 9.60. The molecular weight excluding hydrogens is 254 g/mol. The highest BCUT2D eigenvalue weighted by atomic mass is 16.4. The molecule has 0 spiro atoms. The molecule has 0 aromatic heterocycles. The molecular formula is C15H21N3O2. The first kappa shape index (κ1) is 14.4. The number of nitrogens with zero attached hydrogens (tertiary/aromatic N) is 2. The lowest BCUT2D eigenvalue weighted by atomic mass is 9.83. The third-order valence-electron chi connectivity index (χ3n) is 4.07. The number of hydrogen-bond acceptors (Lipinski definition) is 3. The molecule has 3 N–H and O–H groups in total. The summed E-state index contributed by atoms with van der Waals surface area (Å²) in [6.07, 6.45) is 3.17. The maximum atomic E-state index is 12.7. The monoisotopic (exact) mass is 275 g/mol. The Balaban J connectivity index is 2.16. The van der Waals surface area contributed by atoms with Gasteiger partial charge in [-0.1, -0.05) is 48.3 Å². The molecule has 5 heteroatoms. The van der Waals surface area contributed by atoms with E-state index in [2.05, 4.69) is 5.16 Å². The summed E-state index contributed by atoms with van der Waals surface area (Å²) in [5.74, 6) is -0.0194. The first-order valence-electron chi connectivity index (χ1n) is 6.87. The Bertz CT molecular complexity index is 493. The Kier molecular flexibility index (Phi) is 4.27. The van der Waals surface area contributed by atoms with Gasteiger partial charge in [-0.3, -0.25) is 4.79 Å². The topological polar surface area (TPSA) is 78.9 Å². The Hall–Kier alpha value is -2.04. The van der Waals surface area contributed by atoms with Crippen molar-refractivity contribution < 1.29 is 10.0 Å². The van der Waals surface area contributed by atoms with E-state index in [-0.39, 0.29) is 11.7 Å². The van der Waals surface area contributed by atoms with Crippen molar-refractivity contribution in [2.24, 2.45) is 16.3 Å². The van der Waals surface area contributed by atoms with E-state index in [1.54, 1.807) is 11.9 Å². The van der Waals surface area contributed by atoms with Crippen molar-refractivity contribution in [1.29, 1.82) is 0 Å². The van der Waals surface area contributed by atoms with E-state index in [4.69, 9.17) is 10.9 Å². The fourth-order valence-electron chi connectivity index (χ4n) is 2.95. The van der Waals surface area contributed by atoms with Crippen molar-refractivity contribution >= 4 is 11.7 Å². The van der Waals surface area contributed by atoms with Crippen LogP contribution in [0.4, 0.5) is 0 Å². The number of oxime groups is 1. The van der Waals surface area contributed by atoms with Crippen LogP contribution in [0.2, 0.25) is 0 Å². The lowest BCUT2D eigenvalue weighted by molar-refractivity contribution is -0.137. The highest BCUT2D eigenvalue weighted by molar-refractivity contribution is 6.06. The maximum Gasteiger partial charge on any atom is 0.236 e. The number of rotatable bonds is 4. The van der Waals surface area contributed by atoms with Gasteiger partial charge in [0.15, 0.2) is 5.84 Å². The molecule has 1 saturated carbocycles. The second-order valence-corrected chi connectivity index (χ2v) is 5.42. The number of carbonyl (C=O) groups is 1. The van der Waals surface area contributed by atoms with Crippen LogP contribution in [0.15, 0.2) is 35.5 Å². The Morgan fingerprint density at radius 1 is 1.35 bits per heavy atom. The molecule has 0 unspecified atom stereocenters. The molecule has 1 aromatic rings. The van der Waals surface area contributed by atoms with E-state index < -0.39 is 5.41 Å². The van der Waals surface area contributed by atoms with Gasteiger partial charge < -0.3 is 15.8 Å². The SMILES string of the molecule is CN(Cc1ccccc1)C(=O)C1(C(N)=NO)CCCC1. The van der Waals surface area contributed by atoms with Crippen LogP contribution in [0, 0.1) is 5.41 Å². The van der Waals surface area contributed by atoms with Gasteiger partial charge in [0, 0.05) is 13.6 Å². The summed E-state index contributed by atoms with van der Waals surface area (Å²) in [6, 6.07) is 9.80. The molecule has 1 amide bonds. The summed E-state index contributed by atoms with van der Waals surface area (Å²) in [5.41, 5.74) is 6.04. The molecule has 0 saturated heterocycles. The van der Waals surface area contributed by atoms with Gasteiger partial charge in [0.05, 0.1) is 0 Å². The Morgan fingerprint density at radius 2 is 1.95 bits per heavy atom. The standard InChI is InChI=1S/C15H21N3O2/c1-18(11-12-7-3-2-4-8-12)14(19)15(13(16)17-20)9-5-6-10-15/h2-4,7-8,20H,5-6,9-11H2,1H3,(H2,16,17). The van der Waals surface area contributed by atoms with Gasteiger partial charge in [0.25, 0.3) is 0 Å².